The molecule has 2 atom stereocenters. The lowest BCUT2D eigenvalue weighted by Gasteiger charge is -2.31. The molecule has 3 aromatic heterocycles. The average molecular weight is 536 g/mol. The predicted molar refractivity (Wildman–Crippen MR) is 148 cm³/mol. The third kappa shape index (κ3) is 5.09. The highest BCUT2D eigenvalue weighted by atomic mass is 16.5. The summed E-state index contributed by atoms with van der Waals surface area (Å²) >= 11 is 0. The fourth-order valence-corrected chi connectivity index (χ4v) is 5.11. The van der Waals surface area contributed by atoms with Crippen LogP contribution in [0.15, 0.2) is 54.9 Å². The second-order valence-electron chi connectivity index (χ2n) is 10.4. The van der Waals surface area contributed by atoms with E-state index in [1.54, 1.807) is 24.5 Å². The van der Waals surface area contributed by atoms with Gasteiger partial charge in [0.2, 0.25) is 5.95 Å². The molecular formula is C30H29N7O3. The van der Waals surface area contributed by atoms with Gasteiger partial charge >= 0.3 is 0 Å². The number of hydrogen-bond acceptors (Lipinski definition) is 9. The largest absolute Gasteiger partial charge is 0.375 e. The molecule has 4 aromatic rings. The van der Waals surface area contributed by atoms with Crippen LogP contribution >= 0.6 is 0 Å². The number of morpholine rings is 1. The highest BCUT2D eigenvalue weighted by molar-refractivity contribution is 5.94. The SMILES string of the molecule is C[C@H]1CN(c2nccc(-c3ccc4cnc(CNC(=O)c5ccc6c(c5)[C@](C)(C#N)COC6)cc4n3)n2)CCO1. The molecule has 10 nitrogen and oxygen atoms in total. The molecule has 6 rings (SSSR count). The van der Waals surface area contributed by atoms with E-state index in [2.05, 4.69) is 26.3 Å². The molecule has 0 unspecified atom stereocenters. The van der Waals surface area contributed by atoms with Crippen molar-refractivity contribution in [1.82, 2.24) is 25.3 Å². The molecule has 1 N–H and O–H groups in total. The van der Waals surface area contributed by atoms with Gasteiger partial charge in [0.05, 0.1) is 61.1 Å². The molecule has 5 heterocycles. The number of pyridine rings is 2. The van der Waals surface area contributed by atoms with E-state index in [0.717, 1.165) is 46.5 Å². The van der Waals surface area contributed by atoms with Gasteiger partial charge in [0.25, 0.3) is 5.91 Å². The summed E-state index contributed by atoms with van der Waals surface area (Å²) in [6.07, 6.45) is 3.64. The van der Waals surface area contributed by atoms with E-state index in [9.17, 15) is 10.1 Å². The third-order valence-corrected chi connectivity index (χ3v) is 7.35. The summed E-state index contributed by atoms with van der Waals surface area (Å²) in [5, 5.41) is 13.5. The van der Waals surface area contributed by atoms with Gasteiger partial charge in [0, 0.05) is 36.4 Å². The van der Waals surface area contributed by atoms with Gasteiger partial charge in [0.1, 0.15) is 5.41 Å². The molecule has 0 bridgehead atoms. The monoisotopic (exact) mass is 535 g/mol. The molecule has 40 heavy (non-hydrogen) atoms. The van der Waals surface area contributed by atoms with Crippen molar-refractivity contribution in [3.8, 4) is 17.5 Å². The predicted octanol–water partition coefficient (Wildman–Crippen LogP) is 3.55. The van der Waals surface area contributed by atoms with E-state index in [4.69, 9.17) is 19.4 Å². The van der Waals surface area contributed by atoms with Crippen molar-refractivity contribution in [2.24, 2.45) is 0 Å². The normalized spacial score (nSPS) is 20.5. The number of nitrogens with one attached hydrogen (secondary N) is 1. The van der Waals surface area contributed by atoms with Gasteiger partial charge in [-0.2, -0.15) is 5.26 Å². The zero-order valence-electron chi connectivity index (χ0n) is 22.4. The van der Waals surface area contributed by atoms with E-state index >= 15 is 0 Å². The maximum atomic E-state index is 13.0. The maximum absolute atomic E-state index is 13.0. The van der Waals surface area contributed by atoms with Crippen molar-refractivity contribution < 1.29 is 14.3 Å². The molecule has 0 saturated carbocycles. The Morgan fingerprint density at radius 3 is 2.90 bits per heavy atom. The number of hydrogen-bond donors (Lipinski definition) is 1. The number of benzene rings is 1. The van der Waals surface area contributed by atoms with Crippen LogP contribution < -0.4 is 10.2 Å². The lowest BCUT2D eigenvalue weighted by Crippen LogP contribution is -2.42. The van der Waals surface area contributed by atoms with Crippen LogP contribution in [-0.2, 0) is 28.0 Å². The number of carbonyl (C=O) groups excluding carboxylic acids is 1. The van der Waals surface area contributed by atoms with E-state index < -0.39 is 5.41 Å². The Kier molecular flexibility index (Phi) is 6.84. The highest BCUT2D eigenvalue weighted by Crippen LogP contribution is 2.32. The quantitative estimate of drug-likeness (QED) is 0.408. The van der Waals surface area contributed by atoms with Crippen LogP contribution in [0.3, 0.4) is 0 Å². The zero-order valence-corrected chi connectivity index (χ0v) is 22.4. The number of aromatic nitrogens is 4. The van der Waals surface area contributed by atoms with E-state index in [1.807, 2.05) is 44.2 Å². The van der Waals surface area contributed by atoms with Crippen molar-refractivity contribution in [2.75, 3.05) is 31.2 Å². The number of fused-ring (bicyclic) bond motifs is 2. The molecule has 1 saturated heterocycles. The van der Waals surface area contributed by atoms with Crippen molar-refractivity contribution in [3.05, 3.63) is 77.2 Å². The summed E-state index contributed by atoms with van der Waals surface area (Å²) in [4.78, 5) is 33.7. The fourth-order valence-electron chi connectivity index (χ4n) is 5.11. The number of ether oxygens (including phenoxy) is 2. The van der Waals surface area contributed by atoms with Gasteiger partial charge in [0.15, 0.2) is 0 Å². The van der Waals surface area contributed by atoms with Crippen LogP contribution in [0.4, 0.5) is 5.95 Å². The van der Waals surface area contributed by atoms with Crippen molar-refractivity contribution >= 4 is 22.8 Å². The first kappa shape index (κ1) is 25.8. The Balaban J connectivity index is 1.19. The molecule has 1 aromatic carbocycles. The topological polar surface area (TPSA) is 126 Å². The third-order valence-electron chi connectivity index (χ3n) is 7.35. The molecule has 0 spiro atoms. The summed E-state index contributed by atoms with van der Waals surface area (Å²) in [6, 6.07) is 15.4. The molecular weight excluding hydrogens is 506 g/mol. The molecule has 1 amide bonds. The van der Waals surface area contributed by atoms with Crippen LogP contribution in [0.2, 0.25) is 0 Å². The highest BCUT2D eigenvalue weighted by Gasteiger charge is 2.33. The van der Waals surface area contributed by atoms with Crippen molar-refractivity contribution in [2.45, 2.75) is 38.5 Å². The number of rotatable bonds is 5. The van der Waals surface area contributed by atoms with Gasteiger partial charge in [-0.1, -0.05) is 6.07 Å². The first-order valence-corrected chi connectivity index (χ1v) is 13.3. The van der Waals surface area contributed by atoms with Gasteiger partial charge in [-0.05, 0) is 61.4 Å². The van der Waals surface area contributed by atoms with Gasteiger partial charge in [-0.25, -0.2) is 15.0 Å². The first-order valence-electron chi connectivity index (χ1n) is 13.3. The zero-order chi connectivity index (χ0) is 27.7. The first-order chi connectivity index (χ1) is 19.4. The summed E-state index contributed by atoms with van der Waals surface area (Å²) in [6.45, 7) is 7.00. The van der Waals surface area contributed by atoms with Gasteiger partial charge in [-0.3, -0.25) is 9.78 Å². The minimum Gasteiger partial charge on any atom is -0.375 e. The number of amides is 1. The Bertz CT molecular complexity index is 1640. The van der Waals surface area contributed by atoms with Crippen molar-refractivity contribution in [1.29, 1.82) is 5.26 Å². The summed E-state index contributed by atoms with van der Waals surface area (Å²) in [5.74, 6) is 0.432. The van der Waals surface area contributed by atoms with Crippen LogP contribution in [0.5, 0.6) is 0 Å². The van der Waals surface area contributed by atoms with E-state index in [0.29, 0.717) is 37.0 Å². The van der Waals surface area contributed by atoms with Crippen molar-refractivity contribution in [3.63, 3.8) is 0 Å². The molecule has 10 heteroatoms. The Morgan fingerprint density at radius 2 is 2.05 bits per heavy atom. The minimum atomic E-state index is -0.780. The van der Waals surface area contributed by atoms with Crippen LogP contribution in [-0.4, -0.2) is 58.3 Å². The number of anilines is 1. The minimum absolute atomic E-state index is 0.130. The van der Waals surface area contributed by atoms with Crippen LogP contribution in [0.1, 0.15) is 41.0 Å². The number of nitriles is 1. The standard InChI is InChI=1S/C30H29N7O3/c1-19-15-37(9-10-40-19)29-32-8-7-26(36-29)25-6-5-21-13-33-23(12-27(21)35-25)14-34-28(38)20-3-4-22-16-39-18-30(2,17-31)24(22)11-20/h3-8,11-13,19H,9-10,14-16,18H2,1-2H3,(H,34,38)/t19-,30+/m0/s1. The molecule has 1 fully saturated rings. The summed E-state index contributed by atoms with van der Waals surface area (Å²) in [7, 11) is 0. The maximum Gasteiger partial charge on any atom is 0.251 e. The van der Waals surface area contributed by atoms with Crippen LogP contribution in [0, 0.1) is 11.3 Å². The smallest absolute Gasteiger partial charge is 0.251 e. The lowest BCUT2D eigenvalue weighted by atomic mass is 9.79. The number of carbonyl (C=O) groups is 1. The molecule has 202 valence electrons. The van der Waals surface area contributed by atoms with E-state index in [1.165, 1.54) is 0 Å². The average Bonchev–Trinajstić information content (AvgIpc) is 2.99. The van der Waals surface area contributed by atoms with Gasteiger partial charge in [-0.15, -0.1) is 0 Å². The summed E-state index contributed by atoms with van der Waals surface area (Å²) in [5.41, 5.74) is 4.40. The fraction of sp³-hybridized carbons (Fsp3) is 0.333. The summed E-state index contributed by atoms with van der Waals surface area (Å²) < 4.78 is 11.2. The Labute approximate surface area is 232 Å². The second-order valence-corrected chi connectivity index (χ2v) is 10.4. The van der Waals surface area contributed by atoms with Crippen LogP contribution in [0.25, 0.3) is 22.3 Å². The molecule has 2 aliphatic rings. The molecule has 0 radical (unpaired) electrons. The molecule has 2 aliphatic heterocycles. The Morgan fingerprint density at radius 1 is 1.18 bits per heavy atom. The number of nitrogens with zero attached hydrogens (tertiary/aromatic N) is 6. The van der Waals surface area contributed by atoms with E-state index in [-0.39, 0.29) is 18.6 Å². The van der Waals surface area contributed by atoms with Gasteiger partial charge < -0.3 is 19.7 Å². The lowest BCUT2D eigenvalue weighted by molar-refractivity contribution is 0.0526. The second kappa shape index (κ2) is 10.6. The Hall–Kier alpha value is -4.46. The molecule has 0 aliphatic carbocycles.